The summed E-state index contributed by atoms with van der Waals surface area (Å²) >= 11 is 0. The lowest BCUT2D eigenvalue weighted by molar-refractivity contribution is -0.870. The van der Waals surface area contributed by atoms with Crippen molar-refractivity contribution >= 4 is 13.7 Å². The van der Waals surface area contributed by atoms with Gasteiger partial charge in [-0.05, 0) is 12.8 Å². The minimum Gasteiger partial charge on any atom is -0.756 e. The number of aliphatic hydroxyl groups is 1. The van der Waals surface area contributed by atoms with Crippen molar-refractivity contribution in [2.75, 3.05) is 40.9 Å². The number of likely N-dealkylation sites (N-methyl/N-ethyl adjacent to an activating group) is 1. The molecule has 0 saturated heterocycles. The molecular formula is C44H91N2O6P. The SMILES string of the molecule is CCCCCCCCCCCCCCCCCCCCCC(=O)N[C@@H](COP(=O)([O-])OCC[N+](C)(C)C)[C@H](O)CCCCCCCCCCCCCC. The van der Waals surface area contributed by atoms with Gasteiger partial charge in [-0.1, -0.05) is 206 Å². The van der Waals surface area contributed by atoms with Crippen LogP contribution in [0.4, 0.5) is 0 Å². The van der Waals surface area contributed by atoms with Gasteiger partial charge in [0.05, 0.1) is 39.9 Å². The molecule has 1 amide bonds. The molecule has 0 bridgehead atoms. The molecule has 0 aliphatic carbocycles. The fraction of sp³-hybridized carbons (Fsp3) is 0.977. The van der Waals surface area contributed by atoms with Gasteiger partial charge in [-0.2, -0.15) is 0 Å². The topological polar surface area (TPSA) is 108 Å². The zero-order valence-corrected chi connectivity index (χ0v) is 36.9. The first-order valence-electron chi connectivity index (χ1n) is 22.9. The van der Waals surface area contributed by atoms with E-state index in [1.54, 1.807) is 0 Å². The monoisotopic (exact) mass is 775 g/mol. The van der Waals surface area contributed by atoms with Crippen molar-refractivity contribution in [1.29, 1.82) is 0 Å². The number of hydrogen-bond acceptors (Lipinski definition) is 6. The van der Waals surface area contributed by atoms with E-state index in [0.29, 0.717) is 23.9 Å². The summed E-state index contributed by atoms with van der Waals surface area (Å²) in [6.07, 6.45) is 39.6. The lowest BCUT2D eigenvalue weighted by atomic mass is 10.0. The van der Waals surface area contributed by atoms with Crippen molar-refractivity contribution in [2.45, 2.75) is 238 Å². The number of quaternary nitrogens is 1. The first-order chi connectivity index (χ1) is 25.5. The van der Waals surface area contributed by atoms with E-state index in [2.05, 4.69) is 19.2 Å². The summed E-state index contributed by atoms with van der Waals surface area (Å²) in [7, 11) is 1.32. The molecule has 318 valence electrons. The fourth-order valence-electron chi connectivity index (χ4n) is 6.92. The molecular weight excluding hydrogens is 683 g/mol. The number of amides is 1. The van der Waals surface area contributed by atoms with Gasteiger partial charge in [-0.15, -0.1) is 0 Å². The molecule has 9 heteroatoms. The van der Waals surface area contributed by atoms with Crippen molar-refractivity contribution in [3.05, 3.63) is 0 Å². The first-order valence-corrected chi connectivity index (χ1v) is 24.3. The van der Waals surface area contributed by atoms with Gasteiger partial charge in [0, 0.05) is 6.42 Å². The minimum atomic E-state index is -4.55. The van der Waals surface area contributed by atoms with Gasteiger partial charge in [0.25, 0.3) is 7.82 Å². The summed E-state index contributed by atoms with van der Waals surface area (Å²) in [5.41, 5.74) is 0. The molecule has 0 aromatic carbocycles. The van der Waals surface area contributed by atoms with Crippen LogP contribution in [0.5, 0.6) is 0 Å². The van der Waals surface area contributed by atoms with E-state index in [0.717, 1.165) is 38.5 Å². The van der Waals surface area contributed by atoms with E-state index in [9.17, 15) is 19.4 Å². The van der Waals surface area contributed by atoms with Crippen molar-refractivity contribution in [2.24, 2.45) is 0 Å². The third-order valence-electron chi connectivity index (χ3n) is 10.6. The Kier molecular flexibility index (Phi) is 36.7. The van der Waals surface area contributed by atoms with Crippen LogP contribution in [-0.2, 0) is 18.4 Å². The van der Waals surface area contributed by atoms with Gasteiger partial charge in [0.15, 0.2) is 0 Å². The Morgan fingerprint density at radius 1 is 0.585 bits per heavy atom. The second-order valence-corrected chi connectivity index (χ2v) is 18.5. The number of nitrogens with zero attached hydrogens (tertiary/aromatic N) is 1. The average Bonchev–Trinajstić information content (AvgIpc) is 3.10. The lowest BCUT2D eigenvalue weighted by Gasteiger charge is -2.30. The highest BCUT2D eigenvalue weighted by Gasteiger charge is 2.24. The Morgan fingerprint density at radius 3 is 1.28 bits per heavy atom. The standard InChI is InChI=1S/C44H91N2O6P/c1-6-8-10-12-14-16-18-20-21-22-23-24-25-26-28-30-32-34-36-38-44(48)45-42(41-52-53(49,50)51-40-39-46(3,4)5)43(47)37-35-33-31-29-27-19-17-15-13-11-9-7-2/h42-43,47H,6-41H2,1-5H3,(H-,45,48,49,50)/t42-,43+/m0/s1. The van der Waals surface area contributed by atoms with Crippen molar-refractivity contribution < 1.29 is 32.9 Å². The van der Waals surface area contributed by atoms with Gasteiger partial charge >= 0.3 is 0 Å². The van der Waals surface area contributed by atoms with Crippen LogP contribution in [0.3, 0.4) is 0 Å². The minimum absolute atomic E-state index is 0.0160. The second-order valence-electron chi connectivity index (χ2n) is 17.1. The molecule has 0 fully saturated rings. The third-order valence-corrected chi connectivity index (χ3v) is 11.6. The number of phosphoric acid groups is 1. The number of phosphoric ester groups is 1. The highest BCUT2D eigenvalue weighted by Crippen LogP contribution is 2.38. The molecule has 0 aliphatic rings. The van der Waals surface area contributed by atoms with Crippen LogP contribution in [0.25, 0.3) is 0 Å². The van der Waals surface area contributed by atoms with Crippen LogP contribution in [0, 0.1) is 0 Å². The average molecular weight is 775 g/mol. The summed E-state index contributed by atoms with van der Waals surface area (Å²) in [5.74, 6) is -0.161. The molecule has 1 unspecified atom stereocenters. The molecule has 0 spiro atoms. The Labute approximate surface area is 329 Å². The largest absolute Gasteiger partial charge is 0.756 e. The Bertz CT molecular complexity index is 839. The Morgan fingerprint density at radius 2 is 0.925 bits per heavy atom. The fourth-order valence-corrected chi connectivity index (χ4v) is 7.65. The van der Waals surface area contributed by atoms with Crippen LogP contribution < -0.4 is 10.2 Å². The molecule has 53 heavy (non-hydrogen) atoms. The highest BCUT2D eigenvalue weighted by molar-refractivity contribution is 7.45. The number of aliphatic hydroxyl groups excluding tert-OH is 1. The van der Waals surface area contributed by atoms with E-state index in [4.69, 9.17) is 9.05 Å². The number of carbonyl (C=O) groups is 1. The Balaban J connectivity index is 4.26. The smallest absolute Gasteiger partial charge is 0.268 e. The second kappa shape index (κ2) is 37.1. The van der Waals surface area contributed by atoms with Crippen LogP contribution in [0.15, 0.2) is 0 Å². The quantitative estimate of drug-likeness (QED) is 0.0363. The normalized spacial score (nSPS) is 14.3. The van der Waals surface area contributed by atoms with Crippen molar-refractivity contribution in [3.63, 3.8) is 0 Å². The molecule has 0 aromatic heterocycles. The summed E-state index contributed by atoms with van der Waals surface area (Å²) in [6.45, 7) is 4.73. The summed E-state index contributed by atoms with van der Waals surface area (Å²) in [6, 6.07) is -0.792. The lowest BCUT2D eigenvalue weighted by Crippen LogP contribution is -2.46. The summed E-state index contributed by atoms with van der Waals surface area (Å²) < 4.78 is 23.3. The predicted octanol–water partition coefficient (Wildman–Crippen LogP) is 12.0. The third kappa shape index (κ3) is 39.5. The maximum Gasteiger partial charge on any atom is 0.268 e. The molecule has 3 atom stereocenters. The maximum atomic E-state index is 12.9. The van der Waals surface area contributed by atoms with Crippen LogP contribution >= 0.6 is 7.82 Å². The van der Waals surface area contributed by atoms with E-state index in [1.807, 2.05) is 21.1 Å². The number of carbonyl (C=O) groups excluding carboxylic acids is 1. The van der Waals surface area contributed by atoms with Crippen molar-refractivity contribution in [1.82, 2.24) is 5.32 Å². The zero-order chi connectivity index (χ0) is 39.3. The molecule has 0 radical (unpaired) electrons. The number of unbranched alkanes of at least 4 members (excludes halogenated alkanes) is 29. The van der Waals surface area contributed by atoms with E-state index in [-0.39, 0.29) is 19.1 Å². The summed E-state index contributed by atoms with van der Waals surface area (Å²) in [4.78, 5) is 25.3. The van der Waals surface area contributed by atoms with Crippen molar-refractivity contribution in [3.8, 4) is 0 Å². The highest BCUT2D eigenvalue weighted by atomic mass is 31.2. The van der Waals surface area contributed by atoms with Gasteiger partial charge in [0.2, 0.25) is 5.91 Å². The molecule has 0 heterocycles. The van der Waals surface area contributed by atoms with E-state index < -0.39 is 20.0 Å². The molecule has 0 aromatic rings. The molecule has 2 N–H and O–H groups in total. The molecule has 8 nitrogen and oxygen atoms in total. The number of nitrogens with one attached hydrogen (secondary N) is 1. The predicted molar refractivity (Wildman–Crippen MR) is 224 cm³/mol. The molecule has 0 aliphatic heterocycles. The van der Waals surface area contributed by atoms with Crippen LogP contribution in [-0.4, -0.2) is 68.5 Å². The first kappa shape index (κ1) is 52.5. The number of rotatable bonds is 42. The van der Waals surface area contributed by atoms with E-state index >= 15 is 0 Å². The Hall–Kier alpha value is -0.500. The van der Waals surface area contributed by atoms with Crippen LogP contribution in [0.2, 0.25) is 0 Å². The van der Waals surface area contributed by atoms with Crippen LogP contribution in [0.1, 0.15) is 226 Å². The summed E-state index contributed by atoms with van der Waals surface area (Å²) in [5, 5.41) is 13.9. The zero-order valence-electron chi connectivity index (χ0n) is 36.0. The van der Waals surface area contributed by atoms with Gasteiger partial charge in [-0.3, -0.25) is 9.36 Å². The number of hydrogen-bond donors (Lipinski definition) is 2. The van der Waals surface area contributed by atoms with Gasteiger partial charge in [-0.25, -0.2) is 0 Å². The van der Waals surface area contributed by atoms with Gasteiger partial charge in [0.1, 0.15) is 13.2 Å². The van der Waals surface area contributed by atoms with E-state index in [1.165, 1.54) is 161 Å². The maximum absolute atomic E-state index is 12.9. The van der Waals surface area contributed by atoms with Gasteiger partial charge < -0.3 is 28.8 Å². The molecule has 0 saturated carbocycles. The molecule has 0 rings (SSSR count).